The van der Waals surface area contributed by atoms with E-state index in [2.05, 4.69) is 4.98 Å². The van der Waals surface area contributed by atoms with Gasteiger partial charge in [-0.1, -0.05) is 11.8 Å². The molecule has 0 fully saturated rings. The summed E-state index contributed by atoms with van der Waals surface area (Å²) < 4.78 is 0. The number of nitrogens with zero attached hydrogens (tertiary/aromatic N) is 1. The minimum atomic E-state index is -1.01. The second kappa shape index (κ2) is 6.66. The predicted octanol–water partition coefficient (Wildman–Crippen LogP) is 0.605. The van der Waals surface area contributed by atoms with Gasteiger partial charge in [-0.25, -0.2) is 4.79 Å². The Kier molecular flexibility index (Phi) is 5.88. The number of amidine groups is 1. The molecule has 6 nitrogen and oxygen atoms in total. The first-order valence-corrected chi connectivity index (χ1v) is 5.01. The Labute approximate surface area is 91.2 Å². The van der Waals surface area contributed by atoms with E-state index in [0.717, 1.165) is 0 Å². The monoisotopic (exact) mass is 228 g/mol. The van der Waals surface area contributed by atoms with Crippen LogP contribution in [0.5, 0.6) is 0 Å². The summed E-state index contributed by atoms with van der Waals surface area (Å²) in [5, 5.41) is 15.1. The molecule has 0 amide bonds. The molecule has 1 aromatic rings. The number of nitrogen functional groups attached to an aromatic ring is 1. The highest BCUT2D eigenvalue weighted by atomic mass is 32.2. The van der Waals surface area contributed by atoms with Crippen LogP contribution in [0.2, 0.25) is 0 Å². The second-order valence-electron chi connectivity index (χ2n) is 2.38. The molecule has 0 aliphatic heterocycles. The highest BCUT2D eigenvalue weighted by Crippen LogP contribution is 2.02. The van der Waals surface area contributed by atoms with Crippen molar-refractivity contribution < 1.29 is 9.90 Å². The fourth-order valence-corrected chi connectivity index (χ4v) is 0.575. The molecule has 0 aromatic carbocycles. The van der Waals surface area contributed by atoms with Crippen molar-refractivity contribution in [2.75, 3.05) is 12.0 Å². The van der Waals surface area contributed by atoms with E-state index in [1.54, 1.807) is 6.26 Å². The van der Waals surface area contributed by atoms with E-state index in [0.29, 0.717) is 5.69 Å². The van der Waals surface area contributed by atoms with Gasteiger partial charge in [0.05, 0.1) is 11.3 Å². The third-order valence-electron chi connectivity index (χ3n) is 1.23. The van der Waals surface area contributed by atoms with Gasteiger partial charge in [-0.2, -0.15) is 0 Å². The van der Waals surface area contributed by atoms with Crippen LogP contribution in [0.3, 0.4) is 0 Å². The van der Waals surface area contributed by atoms with Gasteiger partial charge in [-0.3, -0.25) is 10.4 Å². The van der Waals surface area contributed by atoms with Gasteiger partial charge in [-0.15, -0.1) is 0 Å². The first kappa shape index (κ1) is 13.2. The van der Waals surface area contributed by atoms with Crippen LogP contribution >= 0.6 is 11.8 Å². The number of carboxylic acid groups (broad SMARTS) is 1. The number of nitrogens with two attached hydrogens (primary N) is 2. The summed E-state index contributed by atoms with van der Waals surface area (Å²) in [6, 6.07) is 1.36. The number of hydrogen-bond acceptors (Lipinski definition) is 5. The summed E-state index contributed by atoms with van der Waals surface area (Å²) in [6.45, 7) is 0. The van der Waals surface area contributed by atoms with E-state index in [9.17, 15) is 4.79 Å². The summed E-state index contributed by atoms with van der Waals surface area (Å²) in [4.78, 5) is 13.9. The highest BCUT2D eigenvalue weighted by Gasteiger charge is 2.00. The summed E-state index contributed by atoms with van der Waals surface area (Å²) >= 11 is 1.24. The van der Waals surface area contributed by atoms with Crippen LogP contribution in [0.25, 0.3) is 0 Å². The predicted molar refractivity (Wildman–Crippen MR) is 61.0 cm³/mol. The van der Waals surface area contributed by atoms with Gasteiger partial charge in [-0.05, 0) is 12.3 Å². The number of aromatic nitrogens is 1. The zero-order valence-corrected chi connectivity index (χ0v) is 8.91. The molecule has 0 atom stereocenters. The molecule has 6 N–H and O–H groups in total. The van der Waals surface area contributed by atoms with Gasteiger partial charge >= 0.3 is 5.97 Å². The van der Waals surface area contributed by atoms with Crippen LogP contribution in [0.1, 0.15) is 10.4 Å². The molecule has 0 unspecified atom stereocenters. The summed E-state index contributed by atoms with van der Waals surface area (Å²) in [6.07, 6.45) is 4.41. The Morgan fingerprint density at radius 2 is 2.13 bits per heavy atom. The maximum atomic E-state index is 10.3. The molecule has 0 saturated carbocycles. The minimum Gasteiger partial charge on any atom is -0.478 e. The van der Waals surface area contributed by atoms with E-state index < -0.39 is 5.97 Å². The molecule has 0 saturated heterocycles. The number of anilines is 1. The number of carboxylic acids is 1. The third kappa shape index (κ3) is 6.33. The fourth-order valence-electron chi connectivity index (χ4n) is 0.575. The lowest BCUT2D eigenvalue weighted by Crippen LogP contribution is -2.01. The van der Waals surface area contributed by atoms with Crippen molar-refractivity contribution in [2.24, 2.45) is 5.73 Å². The number of rotatable bonds is 1. The molecular formula is C8H12N4O2S. The minimum absolute atomic E-state index is 0.111. The highest BCUT2D eigenvalue weighted by molar-refractivity contribution is 8.13. The normalized spacial score (nSPS) is 8.60. The lowest BCUT2D eigenvalue weighted by atomic mass is 10.3. The van der Waals surface area contributed by atoms with Crippen LogP contribution in [0.15, 0.2) is 18.5 Å². The van der Waals surface area contributed by atoms with Gasteiger partial charge in [0.2, 0.25) is 0 Å². The van der Waals surface area contributed by atoms with Crippen LogP contribution in [-0.4, -0.2) is 27.5 Å². The Bertz CT molecular complexity index is 356. The lowest BCUT2D eigenvalue weighted by molar-refractivity contribution is 0.0696. The number of carbonyl (C=O) groups is 1. The summed E-state index contributed by atoms with van der Waals surface area (Å²) in [7, 11) is 0. The van der Waals surface area contributed by atoms with Crippen LogP contribution in [-0.2, 0) is 0 Å². The Morgan fingerprint density at radius 3 is 2.40 bits per heavy atom. The maximum Gasteiger partial charge on any atom is 0.337 e. The molecule has 15 heavy (non-hydrogen) atoms. The van der Waals surface area contributed by atoms with Crippen molar-refractivity contribution in [3.05, 3.63) is 24.0 Å². The Morgan fingerprint density at radius 1 is 1.60 bits per heavy atom. The second-order valence-corrected chi connectivity index (χ2v) is 3.23. The molecule has 1 heterocycles. The van der Waals surface area contributed by atoms with Gasteiger partial charge < -0.3 is 16.6 Å². The molecule has 0 aliphatic carbocycles. The molecule has 82 valence electrons. The summed E-state index contributed by atoms with van der Waals surface area (Å²) in [5.74, 6) is -1.01. The largest absolute Gasteiger partial charge is 0.478 e. The van der Waals surface area contributed by atoms with Gasteiger partial charge in [0.25, 0.3) is 0 Å². The van der Waals surface area contributed by atoms with Crippen LogP contribution in [0, 0.1) is 5.41 Å². The standard InChI is InChI=1S/C6H6N2O2.C2H6N2S/c7-5-1-4(6(9)10)2-8-3-5;1-5-2(3)4/h1-3H,7H2,(H,9,10);1H3,(H3,3,4). The zero-order valence-electron chi connectivity index (χ0n) is 8.10. The molecular weight excluding hydrogens is 216 g/mol. The number of thioether (sulfide) groups is 1. The third-order valence-corrected chi connectivity index (χ3v) is 1.67. The summed E-state index contributed by atoms with van der Waals surface area (Å²) in [5.41, 5.74) is 10.6. The number of aromatic carboxylic acids is 1. The SMILES string of the molecule is CSC(=N)N.Nc1cncc(C(=O)O)c1. The van der Waals surface area contributed by atoms with E-state index >= 15 is 0 Å². The molecule has 1 aromatic heterocycles. The Hall–Kier alpha value is -1.76. The van der Waals surface area contributed by atoms with Crippen LogP contribution in [0.4, 0.5) is 5.69 Å². The molecule has 0 spiro atoms. The van der Waals surface area contributed by atoms with Crippen molar-refractivity contribution in [1.82, 2.24) is 4.98 Å². The molecule has 0 aliphatic rings. The quantitative estimate of drug-likeness (QED) is 0.412. The lowest BCUT2D eigenvalue weighted by Gasteiger charge is -1.92. The molecule has 1 rings (SSSR count). The fraction of sp³-hybridized carbons (Fsp3) is 0.125. The van der Waals surface area contributed by atoms with E-state index in [1.165, 1.54) is 30.2 Å². The number of hydrogen-bond donors (Lipinski definition) is 4. The van der Waals surface area contributed by atoms with Crippen molar-refractivity contribution in [3.8, 4) is 0 Å². The van der Waals surface area contributed by atoms with Crippen molar-refractivity contribution in [1.29, 1.82) is 5.41 Å². The first-order valence-electron chi connectivity index (χ1n) is 3.79. The van der Waals surface area contributed by atoms with E-state index in [-0.39, 0.29) is 10.7 Å². The maximum absolute atomic E-state index is 10.3. The topological polar surface area (TPSA) is 126 Å². The molecule has 7 heteroatoms. The van der Waals surface area contributed by atoms with Crippen molar-refractivity contribution in [3.63, 3.8) is 0 Å². The number of nitrogens with one attached hydrogen (secondary N) is 1. The van der Waals surface area contributed by atoms with Crippen LogP contribution < -0.4 is 11.5 Å². The van der Waals surface area contributed by atoms with E-state index in [1.807, 2.05) is 0 Å². The van der Waals surface area contributed by atoms with Gasteiger partial charge in [0, 0.05) is 12.4 Å². The molecule has 0 bridgehead atoms. The smallest absolute Gasteiger partial charge is 0.337 e. The Balaban J connectivity index is 0.000000336. The average Bonchev–Trinajstić information content (AvgIpc) is 2.18. The number of pyridine rings is 1. The zero-order chi connectivity index (χ0) is 11.8. The van der Waals surface area contributed by atoms with Crippen molar-refractivity contribution in [2.45, 2.75) is 0 Å². The molecule has 0 radical (unpaired) electrons. The van der Waals surface area contributed by atoms with E-state index in [4.69, 9.17) is 22.0 Å². The van der Waals surface area contributed by atoms with Gasteiger partial charge in [0.15, 0.2) is 5.17 Å². The van der Waals surface area contributed by atoms with Crippen molar-refractivity contribution >= 4 is 28.6 Å². The average molecular weight is 228 g/mol. The van der Waals surface area contributed by atoms with Gasteiger partial charge in [0.1, 0.15) is 0 Å². The first-order chi connectivity index (χ1) is 6.97.